The molecule has 2 aromatic rings. The SMILES string of the molecule is O=C(O)c1cccc(CN2CCCC2c2nc(C(=O)NC3CC3)no2)c1. The second-order valence-electron chi connectivity index (χ2n) is 6.84. The Morgan fingerprint density at radius 1 is 1.31 bits per heavy atom. The summed E-state index contributed by atoms with van der Waals surface area (Å²) in [7, 11) is 0. The van der Waals surface area contributed by atoms with Crippen LogP contribution in [0, 0.1) is 0 Å². The van der Waals surface area contributed by atoms with Gasteiger partial charge in [0.25, 0.3) is 11.7 Å². The monoisotopic (exact) mass is 356 g/mol. The first kappa shape index (κ1) is 16.7. The number of carbonyl (C=O) groups is 2. The molecule has 1 aliphatic heterocycles. The number of nitrogens with zero attached hydrogens (tertiary/aromatic N) is 3. The Labute approximate surface area is 150 Å². The number of carboxylic acids is 1. The molecule has 1 atom stereocenters. The van der Waals surface area contributed by atoms with Gasteiger partial charge in [-0.2, -0.15) is 4.98 Å². The number of carboxylic acid groups (broad SMARTS) is 1. The van der Waals surface area contributed by atoms with Crippen LogP contribution in [0.4, 0.5) is 0 Å². The van der Waals surface area contributed by atoms with E-state index < -0.39 is 5.97 Å². The molecular formula is C18H20N4O4. The summed E-state index contributed by atoms with van der Waals surface area (Å²) in [5.74, 6) is -0.710. The Bertz CT molecular complexity index is 830. The van der Waals surface area contributed by atoms with E-state index in [1.807, 2.05) is 6.07 Å². The van der Waals surface area contributed by atoms with E-state index in [0.29, 0.717) is 12.4 Å². The Kier molecular flexibility index (Phi) is 4.42. The molecule has 0 radical (unpaired) electrons. The largest absolute Gasteiger partial charge is 0.478 e. The number of hydrogen-bond donors (Lipinski definition) is 2. The van der Waals surface area contributed by atoms with E-state index in [2.05, 4.69) is 20.4 Å². The second kappa shape index (κ2) is 6.87. The molecule has 4 rings (SSSR count). The van der Waals surface area contributed by atoms with Crippen LogP contribution in [-0.4, -0.2) is 44.6 Å². The highest BCUT2D eigenvalue weighted by atomic mass is 16.5. The topological polar surface area (TPSA) is 109 Å². The summed E-state index contributed by atoms with van der Waals surface area (Å²) in [6.45, 7) is 1.45. The molecule has 1 unspecified atom stereocenters. The van der Waals surface area contributed by atoms with Crippen LogP contribution in [0.25, 0.3) is 0 Å². The highest BCUT2D eigenvalue weighted by molar-refractivity contribution is 5.90. The molecule has 2 heterocycles. The van der Waals surface area contributed by atoms with Crippen LogP contribution in [0.3, 0.4) is 0 Å². The molecule has 136 valence electrons. The summed E-state index contributed by atoms with van der Waals surface area (Å²) in [6.07, 6.45) is 3.85. The summed E-state index contributed by atoms with van der Waals surface area (Å²) in [5.41, 5.74) is 1.19. The zero-order valence-corrected chi connectivity index (χ0v) is 14.2. The van der Waals surface area contributed by atoms with Crippen molar-refractivity contribution < 1.29 is 19.2 Å². The third kappa shape index (κ3) is 3.60. The molecule has 26 heavy (non-hydrogen) atoms. The van der Waals surface area contributed by atoms with Crippen molar-refractivity contribution in [1.29, 1.82) is 0 Å². The number of carbonyl (C=O) groups excluding carboxylic acids is 1. The van der Waals surface area contributed by atoms with E-state index in [0.717, 1.165) is 37.8 Å². The van der Waals surface area contributed by atoms with Crippen molar-refractivity contribution in [3.63, 3.8) is 0 Å². The van der Waals surface area contributed by atoms with Crippen molar-refractivity contribution in [2.75, 3.05) is 6.54 Å². The minimum Gasteiger partial charge on any atom is -0.478 e. The maximum atomic E-state index is 12.0. The predicted octanol–water partition coefficient (Wildman–Crippen LogP) is 2.00. The molecule has 1 saturated heterocycles. The average Bonchev–Trinajstić information content (AvgIpc) is 3.11. The van der Waals surface area contributed by atoms with Crippen LogP contribution < -0.4 is 5.32 Å². The highest BCUT2D eigenvalue weighted by Crippen LogP contribution is 2.32. The lowest BCUT2D eigenvalue weighted by Gasteiger charge is -2.21. The third-order valence-corrected chi connectivity index (χ3v) is 4.77. The second-order valence-corrected chi connectivity index (χ2v) is 6.84. The number of likely N-dealkylation sites (tertiary alicyclic amines) is 1. The third-order valence-electron chi connectivity index (χ3n) is 4.77. The van der Waals surface area contributed by atoms with Gasteiger partial charge in [0.1, 0.15) is 0 Å². The van der Waals surface area contributed by atoms with Gasteiger partial charge in [0.05, 0.1) is 11.6 Å². The molecule has 1 amide bonds. The molecule has 1 aliphatic carbocycles. The molecule has 1 saturated carbocycles. The van der Waals surface area contributed by atoms with Gasteiger partial charge in [-0.1, -0.05) is 17.3 Å². The summed E-state index contributed by atoms with van der Waals surface area (Å²) in [5, 5.41) is 15.8. The van der Waals surface area contributed by atoms with Crippen LogP contribution in [-0.2, 0) is 6.54 Å². The minimum absolute atomic E-state index is 0.0570. The van der Waals surface area contributed by atoms with Crippen LogP contribution >= 0.6 is 0 Å². The van der Waals surface area contributed by atoms with Crippen LogP contribution in [0.5, 0.6) is 0 Å². The molecule has 0 spiro atoms. The Morgan fingerprint density at radius 2 is 2.15 bits per heavy atom. The lowest BCUT2D eigenvalue weighted by atomic mass is 10.1. The fourth-order valence-corrected chi connectivity index (χ4v) is 3.27. The Hall–Kier alpha value is -2.74. The highest BCUT2D eigenvalue weighted by Gasteiger charge is 2.32. The van der Waals surface area contributed by atoms with Gasteiger partial charge in [0.15, 0.2) is 0 Å². The molecule has 8 heteroatoms. The molecule has 0 bridgehead atoms. The van der Waals surface area contributed by atoms with E-state index in [-0.39, 0.29) is 29.4 Å². The molecule has 2 aliphatic rings. The smallest absolute Gasteiger partial charge is 0.335 e. The summed E-state index contributed by atoms with van der Waals surface area (Å²) in [6, 6.07) is 7.10. The number of benzene rings is 1. The van der Waals surface area contributed by atoms with E-state index in [1.54, 1.807) is 18.2 Å². The summed E-state index contributed by atoms with van der Waals surface area (Å²) < 4.78 is 5.34. The number of hydrogen-bond acceptors (Lipinski definition) is 6. The van der Waals surface area contributed by atoms with Gasteiger partial charge < -0.3 is 14.9 Å². The first-order chi connectivity index (χ1) is 12.6. The van der Waals surface area contributed by atoms with E-state index in [9.17, 15) is 9.59 Å². The van der Waals surface area contributed by atoms with Gasteiger partial charge >= 0.3 is 5.97 Å². The number of nitrogens with one attached hydrogen (secondary N) is 1. The van der Waals surface area contributed by atoms with Crippen molar-refractivity contribution in [3.05, 3.63) is 47.1 Å². The first-order valence-corrected chi connectivity index (χ1v) is 8.81. The van der Waals surface area contributed by atoms with Gasteiger partial charge in [-0.05, 0) is 49.9 Å². The molecule has 8 nitrogen and oxygen atoms in total. The van der Waals surface area contributed by atoms with Crippen LogP contribution in [0.1, 0.15) is 64.2 Å². The minimum atomic E-state index is -0.937. The predicted molar refractivity (Wildman–Crippen MR) is 90.6 cm³/mol. The number of rotatable bonds is 6. The standard InChI is InChI=1S/C18H20N4O4/c23-16(19-13-6-7-13)15-20-17(26-21-15)14-5-2-8-22(14)10-11-3-1-4-12(9-11)18(24)25/h1,3-4,9,13-14H,2,5-8,10H2,(H,19,23)(H,24,25). The van der Waals surface area contributed by atoms with Gasteiger partial charge in [0, 0.05) is 12.6 Å². The van der Waals surface area contributed by atoms with Crippen LogP contribution in [0.2, 0.25) is 0 Å². The van der Waals surface area contributed by atoms with Gasteiger partial charge in [-0.3, -0.25) is 9.69 Å². The molecule has 1 aromatic heterocycles. The maximum Gasteiger partial charge on any atom is 0.335 e. The number of aromatic nitrogens is 2. The lowest BCUT2D eigenvalue weighted by Crippen LogP contribution is -2.27. The van der Waals surface area contributed by atoms with Crippen molar-refractivity contribution in [1.82, 2.24) is 20.4 Å². The van der Waals surface area contributed by atoms with Crippen molar-refractivity contribution in [2.45, 2.75) is 44.3 Å². The Morgan fingerprint density at radius 3 is 2.92 bits per heavy atom. The van der Waals surface area contributed by atoms with Gasteiger partial charge in [-0.25, -0.2) is 4.79 Å². The lowest BCUT2D eigenvalue weighted by molar-refractivity contribution is 0.0696. The Balaban J connectivity index is 1.46. The quantitative estimate of drug-likeness (QED) is 0.815. The van der Waals surface area contributed by atoms with Crippen molar-refractivity contribution >= 4 is 11.9 Å². The van der Waals surface area contributed by atoms with Gasteiger partial charge in [0.2, 0.25) is 5.89 Å². The van der Waals surface area contributed by atoms with E-state index in [4.69, 9.17) is 9.63 Å². The average molecular weight is 356 g/mol. The van der Waals surface area contributed by atoms with Gasteiger partial charge in [-0.15, -0.1) is 0 Å². The summed E-state index contributed by atoms with van der Waals surface area (Å²) in [4.78, 5) is 29.6. The molecule has 1 aromatic carbocycles. The van der Waals surface area contributed by atoms with Crippen LogP contribution in [0.15, 0.2) is 28.8 Å². The zero-order chi connectivity index (χ0) is 18.1. The number of aromatic carboxylic acids is 1. The van der Waals surface area contributed by atoms with E-state index >= 15 is 0 Å². The molecule has 2 fully saturated rings. The maximum absolute atomic E-state index is 12.0. The summed E-state index contributed by atoms with van der Waals surface area (Å²) >= 11 is 0. The number of amides is 1. The first-order valence-electron chi connectivity index (χ1n) is 8.81. The molecular weight excluding hydrogens is 336 g/mol. The van der Waals surface area contributed by atoms with E-state index in [1.165, 1.54) is 0 Å². The fraction of sp³-hybridized carbons (Fsp3) is 0.444. The zero-order valence-electron chi connectivity index (χ0n) is 14.2. The molecule has 2 N–H and O–H groups in total. The van der Waals surface area contributed by atoms with Crippen molar-refractivity contribution in [3.8, 4) is 0 Å². The van der Waals surface area contributed by atoms with Crippen molar-refractivity contribution in [2.24, 2.45) is 0 Å². The fourth-order valence-electron chi connectivity index (χ4n) is 3.27. The normalized spacial score (nSPS) is 20.2.